The lowest BCUT2D eigenvalue weighted by Crippen LogP contribution is -2.28. The van der Waals surface area contributed by atoms with Crippen LogP contribution in [0.15, 0.2) is 54.7 Å². The number of anilines is 1. The van der Waals surface area contributed by atoms with Crippen LogP contribution in [0.3, 0.4) is 0 Å². The van der Waals surface area contributed by atoms with E-state index >= 15 is 0 Å². The van der Waals surface area contributed by atoms with Crippen LogP contribution in [0.5, 0.6) is 5.75 Å². The first kappa shape index (κ1) is 16.3. The van der Waals surface area contributed by atoms with Crippen LogP contribution in [0.2, 0.25) is 0 Å². The van der Waals surface area contributed by atoms with E-state index in [0.29, 0.717) is 29.9 Å². The van der Waals surface area contributed by atoms with Crippen molar-refractivity contribution in [1.82, 2.24) is 10.3 Å². The van der Waals surface area contributed by atoms with Crippen LogP contribution in [-0.2, 0) is 0 Å². The average Bonchev–Trinajstić information content (AvgIpc) is 2.65. The molecule has 0 spiro atoms. The Kier molecular flexibility index (Phi) is 4.77. The maximum absolute atomic E-state index is 12.0. The SMILES string of the molecule is N#Cc1cnc2ccccc2c1NCCNC(=O)c1ccc(O)cc1. The van der Waals surface area contributed by atoms with Gasteiger partial charge in [-0.25, -0.2) is 0 Å². The molecule has 0 saturated carbocycles. The summed E-state index contributed by atoms with van der Waals surface area (Å²) >= 11 is 0. The van der Waals surface area contributed by atoms with E-state index < -0.39 is 0 Å². The van der Waals surface area contributed by atoms with Crippen LogP contribution >= 0.6 is 0 Å². The number of nitrogens with zero attached hydrogens (tertiary/aromatic N) is 2. The number of amides is 1. The molecule has 3 N–H and O–H groups in total. The first-order valence-electron chi connectivity index (χ1n) is 7.78. The van der Waals surface area contributed by atoms with Gasteiger partial charge in [-0.3, -0.25) is 9.78 Å². The molecule has 1 aromatic heterocycles. The summed E-state index contributed by atoms with van der Waals surface area (Å²) in [5, 5.41) is 25.4. The minimum Gasteiger partial charge on any atom is -0.508 e. The van der Waals surface area contributed by atoms with Crippen LogP contribution in [0, 0.1) is 11.3 Å². The molecule has 0 radical (unpaired) electrons. The number of pyridine rings is 1. The van der Waals surface area contributed by atoms with Crippen LogP contribution in [0.25, 0.3) is 10.9 Å². The minimum absolute atomic E-state index is 0.117. The van der Waals surface area contributed by atoms with Crippen molar-refractivity contribution in [3.8, 4) is 11.8 Å². The van der Waals surface area contributed by atoms with Gasteiger partial charge in [-0.15, -0.1) is 0 Å². The van der Waals surface area contributed by atoms with E-state index in [9.17, 15) is 15.2 Å². The summed E-state index contributed by atoms with van der Waals surface area (Å²) in [5.41, 5.74) is 2.46. The highest BCUT2D eigenvalue weighted by Gasteiger charge is 2.08. The predicted molar refractivity (Wildman–Crippen MR) is 95.4 cm³/mol. The molecule has 6 heteroatoms. The Bertz CT molecular complexity index is 946. The molecule has 0 aliphatic carbocycles. The maximum Gasteiger partial charge on any atom is 0.251 e. The summed E-state index contributed by atoms with van der Waals surface area (Å²) < 4.78 is 0. The zero-order valence-electron chi connectivity index (χ0n) is 13.4. The van der Waals surface area contributed by atoms with E-state index in [2.05, 4.69) is 21.7 Å². The van der Waals surface area contributed by atoms with E-state index in [4.69, 9.17) is 0 Å². The fraction of sp³-hybridized carbons (Fsp3) is 0.105. The number of phenols is 1. The van der Waals surface area contributed by atoms with Gasteiger partial charge in [0, 0.05) is 30.2 Å². The van der Waals surface area contributed by atoms with Gasteiger partial charge < -0.3 is 15.7 Å². The second-order valence-corrected chi connectivity index (χ2v) is 5.41. The summed E-state index contributed by atoms with van der Waals surface area (Å²) in [4.78, 5) is 16.3. The van der Waals surface area contributed by atoms with E-state index in [0.717, 1.165) is 10.9 Å². The van der Waals surface area contributed by atoms with Gasteiger partial charge >= 0.3 is 0 Å². The van der Waals surface area contributed by atoms with Gasteiger partial charge in [0.25, 0.3) is 5.91 Å². The average molecular weight is 332 g/mol. The molecule has 6 nitrogen and oxygen atoms in total. The smallest absolute Gasteiger partial charge is 0.251 e. The second kappa shape index (κ2) is 7.32. The van der Waals surface area contributed by atoms with Crippen molar-refractivity contribution in [3.63, 3.8) is 0 Å². The summed E-state index contributed by atoms with van der Waals surface area (Å²) in [7, 11) is 0. The van der Waals surface area contributed by atoms with Crippen LogP contribution in [0.1, 0.15) is 15.9 Å². The zero-order chi connectivity index (χ0) is 17.6. The van der Waals surface area contributed by atoms with Gasteiger partial charge in [0.15, 0.2) is 0 Å². The van der Waals surface area contributed by atoms with Gasteiger partial charge in [-0.1, -0.05) is 18.2 Å². The Labute approximate surface area is 144 Å². The number of phenolic OH excluding ortho intramolecular Hbond substituents is 1. The Balaban J connectivity index is 1.64. The largest absolute Gasteiger partial charge is 0.508 e. The molecule has 0 unspecified atom stereocenters. The van der Waals surface area contributed by atoms with Crippen molar-refractivity contribution < 1.29 is 9.90 Å². The van der Waals surface area contributed by atoms with Crippen molar-refractivity contribution in [2.75, 3.05) is 18.4 Å². The number of carbonyl (C=O) groups is 1. The standard InChI is InChI=1S/C19H16N4O2/c20-11-14-12-23-17-4-2-1-3-16(17)18(14)21-9-10-22-19(25)13-5-7-15(24)8-6-13/h1-8,12,24H,9-10H2,(H,21,23)(H,22,25). The highest BCUT2D eigenvalue weighted by molar-refractivity contribution is 5.95. The van der Waals surface area contributed by atoms with Gasteiger partial charge in [-0.2, -0.15) is 5.26 Å². The summed E-state index contributed by atoms with van der Waals surface area (Å²) in [5.74, 6) is -0.103. The molecule has 0 aliphatic heterocycles. The molecule has 124 valence electrons. The molecule has 0 fully saturated rings. The van der Waals surface area contributed by atoms with Crippen LogP contribution < -0.4 is 10.6 Å². The van der Waals surface area contributed by atoms with Crippen molar-refractivity contribution in [2.45, 2.75) is 0 Å². The quantitative estimate of drug-likeness (QED) is 0.624. The number of benzene rings is 2. The van der Waals surface area contributed by atoms with Crippen molar-refractivity contribution in [1.29, 1.82) is 5.26 Å². The maximum atomic E-state index is 12.0. The minimum atomic E-state index is -0.220. The molecule has 2 aromatic carbocycles. The Morgan fingerprint density at radius 2 is 1.88 bits per heavy atom. The number of aromatic nitrogens is 1. The summed E-state index contributed by atoms with van der Waals surface area (Å²) in [6.07, 6.45) is 1.54. The first-order valence-corrected chi connectivity index (χ1v) is 7.78. The van der Waals surface area contributed by atoms with E-state index in [1.165, 1.54) is 12.1 Å². The lowest BCUT2D eigenvalue weighted by atomic mass is 10.1. The molecule has 0 saturated heterocycles. The zero-order valence-corrected chi connectivity index (χ0v) is 13.4. The fourth-order valence-electron chi connectivity index (χ4n) is 2.49. The third kappa shape index (κ3) is 3.67. The lowest BCUT2D eigenvalue weighted by molar-refractivity contribution is 0.0955. The van der Waals surface area contributed by atoms with Crippen LogP contribution in [-0.4, -0.2) is 29.1 Å². The summed E-state index contributed by atoms with van der Waals surface area (Å²) in [6, 6.07) is 15.8. The van der Waals surface area contributed by atoms with E-state index in [-0.39, 0.29) is 11.7 Å². The lowest BCUT2D eigenvalue weighted by Gasteiger charge is -2.12. The molecular formula is C19H16N4O2. The monoisotopic (exact) mass is 332 g/mol. The predicted octanol–water partition coefficient (Wildman–Crippen LogP) is 2.65. The molecule has 3 aromatic rings. The normalized spacial score (nSPS) is 10.2. The third-order valence-electron chi connectivity index (χ3n) is 3.74. The second-order valence-electron chi connectivity index (χ2n) is 5.41. The Hall–Kier alpha value is -3.59. The van der Waals surface area contributed by atoms with Gasteiger partial charge in [0.1, 0.15) is 11.8 Å². The number of hydrogen-bond acceptors (Lipinski definition) is 5. The third-order valence-corrected chi connectivity index (χ3v) is 3.74. The van der Waals surface area contributed by atoms with Gasteiger partial charge in [-0.05, 0) is 30.3 Å². The summed E-state index contributed by atoms with van der Waals surface area (Å²) in [6.45, 7) is 0.855. The molecule has 1 heterocycles. The molecule has 0 aliphatic rings. The topological polar surface area (TPSA) is 98.0 Å². The van der Waals surface area contributed by atoms with E-state index in [1.807, 2.05) is 24.3 Å². The van der Waals surface area contributed by atoms with Crippen LogP contribution in [0.4, 0.5) is 5.69 Å². The van der Waals surface area contributed by atoms with E-state index in [1.54, 1.807) is 18.3 Å². The molecule has 1 amide bonds. The first-order chi connectivity index (χ1) is 12.2. The van der Waals surface area contributed by atoms with Crippen molar-refractivity contribution in [3.05, 3.63) is 65.9 Å². The molecular weight excluding hydrogens is 316 g/mol. The highest BCUT2D eigenvalue weighted by atomic mass is 16.3. The number of para-hydroxylation sites is 1. The van der Waals surface area contributed by atoms with Gasteiger partial charge in [0.2, 0.25) is 0 Å². The number of fused-ring (bicyclic) bond motifs is 1. The number of carbonyl (C=O) groups excluding carboxylic acids is 1. The van der Waals surface area contributed by atoms with Crippen molar-refractivity contribution >= 4 is 22.5 Å². The number of nitriles is 1. The highest BCUT2D eigenvalue weighted by Crippen LogP contribution is 2.24. The Morgan fingerprint density at radius 3 is 2.64 bits per heavy atom. The molecule has 3 rings (SSSR count). The van der Waals surface area contributed by atoms with Gasteiger partial charge in [0.05, 0.1) is 16.8 Å². The number of hydrogen-bond donors (Lipinski definition) is 3. The number of aromatic hydroxyl groups is 1. The molecule has 25 heavy (non-hydrogen) atoms. The molecule has 0 atom stereocenters. The fourth-order valence-corrected chi connectivity index (χ4v) is 2.49. The number of nitrogens with one attached hydrogen (secondary N) is 2. The molecule has 0 bridgehead atoms. The Morgan fingerprint density at radius 1 is 1.12 bits per heavy atom. The number of rotatable bonds is 5. The van der Waals surface area contributed by atoms with Crippen molar-refractivity contribution in [2.24, 2.45) is 0 Å².